The summed E-state index contributed by atoms with van der Waals surface area (Å²) in [5.74, 6) is -0.0399. The minimum absolute atomic E-state index is 0.0399. The lowest BCUT2D eigenvalue weighted by atomic mass is 10.1. The summed E-state index contributed by atoms with van der Waals surface area (Å²) in [6.45, 7) is 4.52. The number of carbonyl (C=O) groups is 1. The molecule has 0 spiro atoms. The van der Waals surface area contributed by atoms with E-state index in [4.69, 9.17) is 0 Å². The number of H-pyrrole nitrogens is 1. The molecular weight excluding hydrogens is 352 g/mol. The molecule has 24 heavy (non-hydrogen) atoms. The number of nitrogens with zero attached hydrogens (tertiary/aromatic N) is 2. The summed E-state index contributed by atoms with van der Waals surface area (Å²) >= 11 is 1.22. The van der Waals surface area contributed by atoms with E-state index < -0.39 is 10.0 Å². The number of rotatable bonds is 5. The molecule has 0 aliphatic carbocycles. The van der Waals surface area contributed by atoms with Crippen LogP contribution in [0.4, 0.5) is 0 Å². The minimum Gasteiger partial charge on any atom is -0.342 e. The maximum Gasteiger partial charge on any atom is 0.251 e. The Bertz CT molecular complexity index is 754. The van der Waals surface area contributed by atoms with Crippen LogP contribution in [0.3, 0.4) is 0 Å². The van der Waals surface area contributed by atoms with Gasteiger partial charge in [-0.05, 0) is 26.7 Å². The fraction of sp³-hybridized carbons (Fsp3) is 0.643. The highest BCUT2D eigenvalue weighted by molar-refractivity contribution is 8.00. The summed E-state index contributed by atoms with van der Waals surface area (Å²) in [5, 5.41) is 0.0452. The highest BCUT2D eigenvalue weighted by atomic mass is 32.2. The molecule has 1 aliphatic rings. The molecule has 10 heteroatoms. The van der Waals surface area contributed by atoms with E-state index in [1.165, 1.54) is 17.8 Å². The van der Waals surface area contributed by atoms with Gasteiger partial charge in [0.25, 0.3) is 5.56 Å². The van der Waals surface area contributed by atoms with Crippen LogP contribution in [0.5, 0.6) is 0 Å². The Morgan fingerprint density at radius 3 is 2.62 bits per heavy atom. The number of amides is 1. The maximum atomic E-state index is 12.5. The van der Waals surface area contributed by atoms with Crippen LogP contribution in [0.25, 0.3) is 0 Å². The van der Waals surface area contributed by atoms with Gasteiger partial charge in [0.2, 0.25) is 15.9 Å². The Morgan fingerprint density at radius 2 is 2.08 bits per heavy atom. The van der Waals surface area contributed by atoms with E-state index in [1.54, 1.807) is 18.7 Å². The molecule has 134 valence electrons. The van der Waals surface area contributed by atoms with E-state index in [-0.39, 0.29) is 22.8 Å². The van der Waals surface area contributed by atoms with E-state index in [0.717, 1.165) is 6.26 Å². The van der Waals surface area contributed by atoms with E-state index in [2.05, 4.69) is 14.7 Å². The van der Waals surface area contributed by atoms with Gasteiger partial charge < -0.3 is 9.88 Å². The van der Waals surface area contributed by atoms with Gasteiger partial charge in [0.05, 0.1) is 11.5 Å². The maximum absolute atomic E-state index is 12.5. The fourth-order valence-corrected chi connectivity index (χ4v) is 4.39. The zero-order valence-electron chi connectivity index (χ0n) is 13.9. The molecule has 0 bridgehead atoms. The molecule has 0 aromatic carbocycles. The van der Waals surface area contributed by atoms with Gasteiger partial charge in [0.15, 0.2) is 5.16 Å². The first-order valence-corrected chi connectivity index (χ1v) is 10.4. The Hall–Kier alpha value is -1.39. The average molecular weight is 374 g/mol. The average Bonchev–Trinajstić information content (AvgIpc) is 2.44. The van der Waals surface area contributed by atoms with Crippen molar-refractivity contribution in [1.29, 1.82) is 0 Å². The molecule has 0 radical (unpaired) electrons. The van der Waals surface area contributed by atoms with Gasteiger partial charge in [-0.25, -0.2) is 18.1 Å². The number of aromatic amines is 1. The fourth-order valence-electron chi connectivity index (χ4n) is 2.60. The highest BCUT2D eigenvalue weighted by Gasteiger charge is 2.28. The Morgan fingerprint density at radius 1 is 1.46 bits per heavy atom. The molecule has 2 heterocycles. The van der Waals surface area contributed by atoms with Gasteiger partial charge in [0, 0.05) is 30.9 Å². The second-order valence-corrected chi connectivity index (χ2v) is 9.05. The van der Waals surface area contributed by atoms with Crippen LogP contribution in [-0.4, -0.2) is 59.8 Å². The number of hydrogen-bond acceptors (Lipinski definition) is 6. The number of piperidine rings is 1. The molecule has 1 unspecified atom stereocenters. The van der Waals surface area contributed by atoms with Crippen LogP contribution < -0.4 is 10.3 Å². The second kappa shape index (κ2) is 7.66. The predicted octanol–water partition coefficient (Wildman–Crippen LogP) is 0.0991. The van der Waals surface area contributed by atoms with Crippen LogP contribution >= 0.6 is 11.8 Å². The molecule has 1 aliphatic heterocycles. The Balaban J connectivity index is 1.91. The van der Waals surface area contributed by atoms with Crippen LogP contribution in [-0.2, 0) is 14.8 Å². The van der Waals surface area contributed by atoms with Gasteiger partial charge >= 0.3 is 0 Å². The van der Waals surface area contributed by atoms with Crippen molar-refractivity contribution in [2.24, 2.45) is 0 Å². The molecule has 1 aromatic rings. The van der Waals surface area contributed by atoms with Gasteiger partial charge in [-0.3, -0.25) is 9.59 Å². The number of sulfonamides is 1. The molecule has 1 aromatic heterocycles. The van der Waals surface area contributed by atoms with Gasteiger partial charge in [-0.15, -0.1) is 0 Å². The molecule has 8 nitrogen and oxygen atoms in total. The monoisotopic (exact) mass is 374 g/mol. The molecular formula is C14H22N4O4S2. The van der Waals surface area contributed by atoms with Crippen molar-refractivity contribution in [3.63, 3.8) is 0 Å². The second-order valence-electron chi connectivity index (χ2n) is 5.94. The van der Waals surface area contributed by atoms with E-state index in [1.807, 2.05) is 0 Å². The van der Waals surface area contributed by atoms with Crippen LogP contribution in [0, 0.1) is 6.92 Å². The number of aromatic nitrogens is 2. The first kappa shape index (κ1) is 18.9. The molecule has 1 saturated heterocycles. The summed E-state index contributed by atoms with van der Waals surface area (Å²) in [7, 11) is -3.23. The molecule has 1 fully saturated rings. The SMILES string of the molecule is Cc1cc(=O)[nH]c(SC(C)C(=O)N2CCC(NS(C)(=O)=O)CC2)n1. The van der Waals surface area contributed by atoms with Crippen LogP contribution in [0.15, 0.2) is 16.0 Å². The van der Waals surface area contributed by atoms with Crippen LogP contribution in [0.1, 0.15) is 25.5 Å². The first-order chi connectivity index (χ1) is 11.1. The summed E-state index contributed by atoms with van der Waals surface area (Å²) in [4.78, 5) is 32.5. The number of carbonyl (C=O) groups excluding carboxylic acids is 1. The van der Waals surface area contributed by atoms with Gasteiger partial charge in [0.1, 0.15) is 0 Å². The number of aryl methyl sites for hydroxylation is 1. The predicted molar refractivity (Wildman–Crippen MR) is 92.5 cm³/mol. The van der Waals surface area contributed by atoms with Gasteiger partial charge in [-0.2, -0.15) is 0 Å². The Kier molecular flexibility index (Phi) is 6.05. The number of hydrogen-bond donors (Lipinski definition) is 2. The number of likely N-dealkylation sites (tertiary alicyclic amines) is 1. The quantitative estimate of drug-likeness (QED) is 0.558. The molecule has 0 saturated carbocycles. The molecule has 2 rings (SSSR count). The summed E-state index contributed by atoms with van der Waals surface area (Å²) in [6, 6.07) is 1.28. The molecule has 1 atom stereocenters. The molecule has 2 N–H and O–H groups in total. The van der Waals surface area contributed by atoms with E-state index >= 15 is 0 Å². The van der Waals surface area contributed by atoms with Gasteiger partial charge in [-0.1, -0.05) is 11.8 Å². The van der Waals surface area contributed by atoms with Crippen molar-refractivity contribution < 1.29 is 13.2 Å². The Labute approximate surface area is 145 Å². The first-order valence-electron chi connectivity index (χ1n) is 7.65. The standard InChI is InChI=1S/C14H22N4O4S2/c1-9-8-12(19)16-14(15-9)23-10(2)13(20)18-6-4-11(5-7-18)17-24(3,21)22/h8,10-11,17H,4-7H2,1-3H3,(H,15,16,19). The van der Waals surface area contributed by atoms with E-state index in [9.17, 15) is 18.0 Å². The van der Waals surface area contributed by atoms with Crippen LogP contribution in [0.2, 0.25) is 0 Å². The normalized spacial score (nSPS) is 17.7. The summed E-state index contributed by atoms with van der Waals surface area (Å²) in [6.07, 6.45) is 2.32. The topological polar surface area (TPSA) is 112 Å². The lowest BCUT2D eigenvalue weighted by Gasteiger charge is -2.33. The smallest absolute Gasteiger partial charge is 0.251 e. The minimum atomic E-state index is -3.23. The van der Waals surface area contributed by atoms with Crippen molar-refractivity contribution in [2.75, 3.05) is 19.3 Å². The van der Waals surface area contributed by atoms with E-state index in [0.29, 0.717) is 36.8 Å². The number of thioether (sulfide) groups is 1. The third-order valence-corrected chi connectivity index (χ3v) is 5.40. The summed E-state index contributed by atoms with van der Waals surface area (Å²) < 4.78 is 25.1. The van der Waals surface area contributed by atoms with Crippen molar-refractivity contribution >= 4 is 27.7 Å². The lowest BCUT2D eigenvalue weighted by Crippen LogP contribution is -2.48. The summed E-state index contributed by atoms with van der Waals surface area (Å²) in [5.41, 5.74) is 0.367. The zero-order chi connectivity index (χ0) is 17.9. The lowest BCUT2D eigenvalue weighted by molar-refractivity contribution is -0.131. The zero-order valence-corrected chi connectivity index (χ0v) is 15.5. The number of nitrogens with one attached hydrogen (secondary N) is 2. The third kappa shape index (κ3) is 5.60. The van der Waals surface area contributed by atoms with Crippen molar-refractivity contribution in [1.82, 2.24) is 19.6 Å². The third-order valence-electron chi connectivity index (χ3n) is 3.67. The molecule has 1 amide bonds. The van der Waals surface area contributed by atoms with Crippen molar-refractivity contribution in [3.8, 4) is 0 Å². The largest absolute Gasteiger partial charge is 0.342 e. The van der Waals surface area contributed by atoms with Crippen molar-refractivity contribution in [2.45, 2.75) is 43.1 Å². The van der Waals surface area contributed by atoms with Crippen molar-refractivity contribution in [3.05, 3.63) is 22.1 Å². The highest BCUT2D eigenvalue weighted by Crippen LogP contribution is 2.22.